The molecule has 1 saturated heterocycles. The molecule has 1 fully saturated rings. The van der Waals surface area contributed by atoms with Crippen LogP contribution in [0.4, 0.5) is 0 Å². The SMILES string of the molecule is CCC1C(N)CCN1Cc1ccccc1. The highest BCUT2D eigenvalue weighted by Gasteiger charge is 2.29. The van der Waals surface area contributed by atoms with Crippen LogP contribution in [0.5, 0.6) is 0 Å². The Kier molecular flexibility index (Phi) is 3.39. The number of rotatable bonds is 3. The third-order valence-corrected chi connectivity index (χ3v) is 3.36. The Hall–Kier alpha value is -0.860. The Morgan fingerprint density at radius 3 is 2.73 bits per heavy atom. The average molecular weight is 204 g/mol. The van der Waals surface area contributed by atoms with Gasteiger partial charge in [-0.05, 0) is 18.4 Å². The molecule has 2 unspecified atom stereocenters. The average Bonchev–Trinajstić information content (AvgIpc) is 2.61. The van der Waals surface area contributed by atoms with Gasteiger partial charge in [0.25, 0.3) is 0 Å². The number of hydrogen-bond donors (Lipinski definition) is 1. The van der Waals surface area contributed by atoms with Crippen LogP contribution in [0.3, 0.4) is 0 Å². The number of benzene rings is 1. The van der Waals surface area contributed by atoms with Crippen molar-refractivity contribution in [1.82, 2.24) is 4.90 Å². The van der Waals surface area contributed by atoms with Gasteiger partial charge in [0.15, 0.2) is 0 Å². The summed E-state index contributed by atoms with van der Waals surface area (Å²) in [4.78, 5) is 2.51. The predicted octanol–water partition coefficient (Wildman–Crippen LogP) is 2.00. The minimum absolute atomic E-state index is 0.374. The maximum atomic E-state index is 6.09. The molecule has 0 bridgehead atoms. The molecule has 82 valence electrons. The van der Waals surface area contributed by atoms with Gasteiger partial charge in [0.1, 0.15) is 0 Å². The van der Waals surface area contributed by atoms with Crippen LogP contribution < -0.4 is 5.73 Å². The maximum Gasteiger partial charge on any atom is 0.0248 e. The highest BCUT2D eigenvalue weighted by molar-refractivity contribution is 5.15. The molecule has 2 rings (SSSR count). The molecule has 1 aromatic rings. The van der Waals surface area contributed by atoms with E-state index in [0.29, 0.717) is 12.1 Å². The Morgan fingerprint density at radius 1 is 1.33 bits per heavy atom. The van der Waals surface area contributed by atoms with Gasteiger partial charge in [-0.2, -0.15) is 0 Å². The van der Waals surface area contributed by atoms with E-state index in [1.54, 1.807) is 0 Å². The molecule has 2 nitrogen and oxygen atoms in total. The first-order valence-corrected chi connectivity index (χ1v) is 5.85. The first-order valence-electron chi connectivity index (χ1n) is 5.85. The smallest absolute Gasteiger partial charge is 0.0248 e. The van der Waals surface area contributed by atoms with Crippen LogP contribution in [-0.4, -0.2) is 23.5 Å². The van der Waals surface area contributed by atoms with Crippen molar-refractivity contribution < 1.29 is 0 Å². The van der Waals surface area contributed by atoms with Crippen molar-refractivity contribution >= 4 is 0 Å². The van der Waals surface area contributed by atoms with E-state index < -0.39 is 0 Å². The second-order valence-electron chi connectivity index (χ2n) is 4.38. The molecule has 0 saturated carbocycles. The molecule has 0 aliphatic carbocycles. The van der Waals surface area contributed by atoms with Crippen LogP contribution in [0.15, 0.2) is 30.3 Å². The van der Waals surface area contributed by atoms with Crippen molar-refractivity contribution in [3.8, 4) is 0 Å². The summed E-state index contributed by atoms with van der Waals surface area (Å²) in [6.07, 6.45) is 2.30. The topological polar surface area (TPSA) is 29.3 Å². The summed E-state index contributed by atoms with van der Waals surface area (Å²) in [6.45, 7) is 4.43. The van der Waals surface area contributed by atoms with E-state index in [1.807, 2.05) is 0 Å². The summed E-state index contributed by atoms with van der Waals surface area (Å²) in [6, 6.07) is 11.6. The van der Waals surface area contributed by atoms with Crippen LogP contribution >= 0.6 is 0 Å². The Labute approximate surface area is 92.1 Å². The zero-order valence-corrected chi connectivity index (χ0v) is 9.39. The zero-order chi connectivity index (χ0) is 10.7. The molecule has 1 heterocycles. The van der Waals surface area contributed by atoms with Gasteiger partial charge >= 0.3 is 0 Å². The van der Waals surface area contributed by atoms with Crippen LogP contribution in [0.1, 0.15) is 25.3 Å². The number of nitrogens with two attached hydrogens (primary N) is 1. The Balaban J connectivity index is 2.00. The lowest BCUT2D eigenvalue weighted by atomic mass is 10.1. The first-order chi connectivity index (χ1) is 7.31. The number of hydrogen-bond acceptors (Lipinski definition) is 2. The standard InChI is InChI=1S/C13H20N2/c1-2-13-12(14)8-9-15(13)10-11-6-4-3-5-7-11/h3-7,12-13H,2,8-10,14H2,1H3. The number of likely N-dealkylation sites (tertiary alicyclic amines) is 1. The van der Waals surface area contributed by atoms with Crippen molar-refractivity contribution in [1.29, 1.82) is 0 Å². The molecule has 15 heavy (non-hydrogen) atoms. The van der Waals surface area contributed by atoms with E-state index in [0.717, 1.165) is 25.9 Å². The lowest BCUT2D eigenvalue weighted by Crippen LogP contribution is -2.38. The van der Waals surface area contributed by atoms with Crippen molar-refractivity contribution in [3.63, 3.8) is 0 Å². The first kappa shape index (κ1) is 10.7. The van der Waals surface area contributed by atoms with Gasteiger partial charge in [-0.1, -0.05) is 37.3 Å². The molecule has 0 amide bonds. The van der Waals surface area contributed by atoms with Gasteiger partial charge in [-0.3, -0.25) is 4.90 Å². The van der Waals surface area contributed by atoms with E-state index in [4.69, 9.17) is 5.73 Å². The Bertz CT molecular complexity index is 297. The van der Waals surface area contributed by atoms with Crippen LogP contribution in [0.25, 0.3) is 0 Å². The van der Waals surface area contributed by atoms with Crippen molar-refractivity contribution in [3.05, 3.63) is 35.9 Å². The summed E-state index contributed by atoms with van der Waals surface area (Å²) in [5.41, 5.74) is 7.49. The fourth-order valence-electron chi connectivity index (χ4n) is 2.52. The van der Waals surface area contributed by atoms with E-state index in [1.165, 1.54) is 5.56 Å². The normalized spacial score (nSPS) is 27.1. The molecule has 2 heteroatoms. The van der Waals surface area contributed by atoms with Crippen molar-refractivity contribution in [2.75, 3.05) is 6.54 Å². The molecule has 0 spiro atoms. The van der Waals surface area contributed by atoms with Gasteiger partial charge < -0.3 is 5.73 Å². The summed E-state index contributed by atoms with van der Waals surface area (Å²) < 4.78 is 0. The van der Waals surface area contributed by atoms with E-state index >= 15 is 0 Å². The summed E-state index contributed by atoms with van der Waals surface area (Å²) in [5, 5.41) is 0. The molecular formula is C13H20N2. The van der Waals surface area contributed by atoms with E-state index in [9.17, 15) is 0 Å². The van der Waals surface area contributed by atoms with Crippen molar-refractivity contribution in [2.24, 2.45) is 5.73 Å². The molecule has 0 aromatic heterocycles. The highest BCUT2D eigenvalue weighted by Crippen LogP contribution is 2.21. The quantitative estimate of drug-likeness (QED) is 0.816. The fraction of sp³-hybridized carbons (Fsp3) is 0.538. The third-order valence-electron chi connectivity index (χ3n) is 3.36. The van der Waals surface area contributed by atoms with Gasteiger partial charge in [0.2, 0.25) is 0 Å². The zero-order valence-electron chi connectivity index (χ0n) is 9.39. The van der Waals surface area contributed by atoms with Gasteiger partial charge in [-0.15, -0.1) is 0 Å². The molecule has 2 N–H and O–H groups in total. The fourth-order valence-corrected chi connectivity index (χ4v) is 2.52. The molecule has 1 aliphatic heterocycles. The largest absolute Gasteiger partial charge is 0.326 e. The summed E-state index contributed by atoms with van der Waals surface area (Å²) in [5.74, 6) is 0. The second-order valence-corrected chi connectivity index (χ2v) is 4.38. The van der Waals surface area contributed by atoms with Gasteiger partial charge in [0, 0.05) is 25.2 Å². The van der Waals surface area contributed by atoms with Gasteiger partial charge in [-0.25, -0.2) is 0 Å². The van der Waals surface area contributed by atoms with Gasteiger partial charge in [0.05, 0.1) is 0 Å². The molecular weight excluding hydrogens is 184 g/mol. The highest BCUT2D eigenvalue weighted by atomic mass is 15.2. The summed E-state index contributed by atoms with van der Waals surface area (Å²) in [7, 11) is 0. The minimum Gasteiger partial charge on any atom is -0.326 e. The Morgan fingerprint density at radius 2 is 2.07 bits per heavy atom. The lowest BCUT2D eigenvalue weighted by Gasteiger charge is -2.25. The second kappa shape index (κ2) is 4.77. The monoisotopic (exact) mass is 204 g/mol. The lowest BCUT2D eigenvalue weighted by molar-refractivity contribution is 0.230. The van der Waals surface area contributed by atoms with E-state index in [2.05, 4.69) is 42.2 Å². The minimum atomic E-state index is 0.374. The van der Waals surface area contributed by atoms with E-state index in [-0.39, 0.29) is 0 Å². The third kappa shape index (κ3) is 2.39. The van der Waals surface area contributed by atoms with Crippen molar-refractivity contribution in [2.45, 2.75) is 38.4 Å². The maximum absolute atomic E-state index is 6.09. The number of nitrogens with zero attached hydrogens (tertiary/aromatic N) is 1. The molecule has 1 aliphatic rings. The molecule has 2 atom stereocenters. The van der Waals surface area contributed by atoms with Crippen LogP contribution in [-0.2, 0) is 6.54 Å². The van der Waals surface area contributed by atoms with Crippen LogP contribution in [0.2, 0.25) is 0 Å². The predicted molar refractivity (Wildman–Crippen MR) is 63.5 cm³/mol. The molecule has 0 radical (unpaired) electrons. The van der Waals surface area contributed by atoms with Crippen LogP contribution in [0, 0.1) is 0 Å². The summed E-state index contributed by atoms with van der Waals surface area (Å²) >= 11 is 0. The molecule has 1 aromatic carbocycles.